The first-order valence-electron chi connectivity index (χ1n) is 8.23. The van der Waals surface area contributed by atoms with E-state index in [1.54, 1.807) is 12.3 Å². The topological polar surface area (TPSA) is 62.0 Å². The van der Waals surface area contributed by atoms with E-state index in [0.717, 1.165) is 24.8 Å². The van der Waals surface area contributed by atoms with Gasteiger partial charge in [0, 0.05) is 30.1 Å². The Labute approximate surface area is 134 Å². The van der Waals surface area contributed by atoms with Gasteiger partial charge in [-0.05, 0) is 42.4 Å². The van der Waals surface area contributed by atoms with Crippen LogP contribution in [-0.4, -0.2) is 10.9 Å². The van der Waals surface area contributed by atoms with Crippen LogP contribution in [0.2, 0.25) is 0 Å². The number of rotatable bonds is 3. The van der Waals surface area contributed by atoms with E-state index in [4.69, 9.17) is 0 Å². The summed E-state index contributed by atoms with van der Waals surface area (Å²) >= 11 is 0. The second-order valence-corrected chi connectivity index (χ2v) is 6.70. The smallest absolute Gasteiger partial charge is 0.247 e. The maximum Gasteiger partial charge on any atom is 0.247 e. The number of aromatic amines is 1. The molecular weight excluding hydrogens is 288 g/mol. The summed E-state index contributed by atoms with van der Waals surface area (Å²) in [5.74, 6) is 0.222. The molecule has 118 valence electrons. The molecule has 2 aromatic rings. The van der Waals surface area contributed by atoms with Gasteiger partial charge in [-0.25, -0.2) is 0 Å². The predicted molar refractivity (Wildman–Crippen MR) is 88.1 cm³/mol. The summed E-state index contributed by atoms with van der Waals surface area (Å²) in [5.41, 5.74) is 3.66. The zero-order valence-electron chi connectivity index (χ0n) is 13.0. The largest absolute Gasteiger partial charge is 0.352 e. The van der Waals surface area contributed by atoms with E-state index in [9.17, 15) is 9.59 Å². The highest BCUT2D eigenvalue weighted by molar-refractivity contribution is 5.84. The first-order valence-corrected chi connectivity index (χ1v) is 8.23. The van der Waals surface area contributed by atoms with Gasteiger partial charge in [-0.3, -0.25) is 9.59 Å². The molecule has 0 unspecified atom stereocenters. The van der Waals surface area contributed by atoms with Crippen molar-refractivity contribution >= 4 is 5.91 Å². The van der Waals surface area contributed by atoms with Crippen molar-refractivity contribution < 1.29 is 4.79 Å². The molecule has 1 aromatic carbocycles. The summed E-state index contributed by atoms with van der Waals surface area (Å²) in [6.07, 6.45) is 6.02. The molecule has 2 N–H and O–H groups in total. The highest BCUT2D eigenvalue weighted by Crippen LogP contribution is 2.60. The van der Waals surface area contributed by atoms with Crippen LogP contribution in [0.1, 0.15) is 36.0 Å². The lowest BCUT2D eigenvalue weighted by atomic mass is 9.78. The number of hydrogen-bond donors (Lipinski definition) is 2. The van der Waals surface area contributed by atoms with Crippen LogP contribution in [0.4, 0.5) is 0 Å². The standard InChI is InChI=1S/C19H20N2O2/c22-17-8-7-13(11-20-17)12-21-18(23)16-10-19(16)9-3-5-14-4-1-2-6-15(14)19/h1-2,4,6-8,11,16H,3,5,9-10,12H2,(H,20,22)(H,21,23)/t16-,19+/m1/s1. The molecule has 1 spiro atoms. The zero-order chi connectivity index (χ0) is 15.9. The average Bonchev–Trinajstić information content (AvgIpc) is 3.29. The molecular formula is C19H20N2O2. The lowest BCUT2D eigenvalue weighted by molar-refractivity contribution is -0.123. The van der Waals surface area contributed by atoms with Crippen molar-refractivity contribution in [3.8, 4) is 0 Å². The minimum Gasteiger partial charge on any atom is -0.352 e. The molecule has 2 aliphatic carbocycles. The van der Waals surface area contributed by atoms with Gasteiger partial charge in [0.15, 0.2) is 0 Å². The molecule has 1 saturated carbocycles. The highest BCUT2D eigenvalue weighted by atomic mass is 16.2. The van der Waals surface area contributed by atoms with Gasteiger partial charge >= 0.3 is 0 Å². The molecule has 4 rings (SSSR count). The SMILES string of the molecule is O=C(NCc1ccc(=O)[nH]c1)[C@H]1C[C@]12CCCc1ccccc12. The van der Waals surface area contributed by atoms with E-state index in [2.05, 4.69) is 34.6 Å². The Morgan fingerprint density at radius 3 is 2.96 bits per heavy atom. The van der Waals surface area contributed by atoms with Crippen LogP contribution >= 0.6 is 0 Å². The second-order valence-electron chi connectivity index (χ2n) is 6.70. The molecule has 0 radical (unpaired) electrons. The van der Waals surface area contributed by atoms with Crippen molar-refractivity contribution in [1.82, 2.24) is 10.3 Å². The van der Waals surface area contributed by atoms with Crippen LogP contribution in [0.15, 0.2) is 47.4 Å². The predicted octanol–water partition coefficient (Wildman–Crippen LogP) is 2.29. The van der Waals surface area contributed by atoms with Crippen molar-refractivity contribution in [2.45, 2.75) is 37.6 Å². The molecule has 4 heteroatoms. The Morgan fingerprint density at radius 1 is 1.26 bits per heavy atom. The maximum absolute atomic E-state index is 12.5. The summed E-state index contributed by atoms with van der Waals surface area (Å²) in [6, 6.07) is 11.8. The van der Waals surface area contributed by atoms with Gasteiger partial charge in [-0.15, -0.1) is 0 Å². The fourth-order valence-corrected chi connectivity index (χ4v) is 4.04. The van der Waals surface area contributed by atoms with Gasteiger partial charge in [0.05, 0.1) is 0 Å². The van der Waals surface area contributed by atoms with E-state index in [-0.39, 0.29) is 22.8 Å². The summed E-state index contributed by atoms with van der Waals surface area (Å²) in [6.45, 7) is 0.462. The van der Waals surface area contributed by atoms with E-state index in [1.165, 1.54) is 23.6 Å². The fraction of sp³-hybridized carbons (Fsp3) is 0.368. The molecule has 4 nitrogen and oxygen atoms in total. The molecule has 1 heterocycles. The molecule has 1 amide bonds. The van der Waals surface area contributed by atoms with E-state index in [1.807, 2.05) is 0 Å². The Hall–Kier alpha value is -2.36. The molecule has 2 aliphatic rings. The zero-order valence-corrected chi connectivity index (χ0v) is 13.0. The first-order chi connectivity index (χ1) is 11.2. The van der Waals surface area contributed by atoms with Crippen LogP contribution in [0, 0.1) is 5.92 Å². The van der Waals surface area contributed by atoms with E-state index < -0.39 is 0 Å². The van der Waals surface area contributed by atoms with Crippen LogP contribution in [0.5, 0.6) is 0 Å². The third-order valence-corrected chi connectivity index (χ3v) is 5.33. The molecule has 2 atom stereocenters. The van der Waals surface area contributed by atoms with E-state index in [0.29, 0.717) is 6.54 Å². The number of aromatic nitrogens is 1. The van der Waals surface area contributed by atoms with Crippen molar-refractivity contribution in [3.63, 3.8) is 0 Å². The lowest BCUT2D eigenvalue weighted by Crippen LogP contribution is -2.30. The molecule has 1 fully saturated rings. The monoisotopic (exact) mass is 308 g/mol. The Balaban J connectivity index is 1.46. The third kappa shape index (κ3) is 2.48. The highest BCUT2D eigenvalue weighted by Gasteiger charge is 2.59. The second kappa shape index (κ2) is 5.37. The number of carbonyl (C=O) groups excluding carboxylic acids is 1. The first kappa shape index (κ1) is 14.2. The molecule has 0 aliphatic heterocycles. The van der Waals surface area contributed by atoms with Crippen LogP contribution < -0.4 is 10.9 Å². The number of hydrogen-bond acceptors (Lipinski definition) is 2. The molecule has 0 bridgehead atoms. The number of pyridine rings is 1. The molecule has 1 aromatic heterocycles. The van der Waals surface area contributed by atoms with Crippen LogP contribution in [0.3, 0.4) is 0 Å². The van der Waals surface area contributed by atoms with Crippen molar-refractivity contribution in [3.05, 3.63) is 69.6 Å². The van der Waals surface area contributed by atoms with Crippen molar-refractivity contribution in [1.29, 1.82) is 0 Å². The molecule has 23 heavy (non-hydrogen) atoms. The number of aryl methyl sites for hydroxylation is 1. The van der Waals surface area contributed by atoms with Gasteiger partial charge in [-0.1, -0.05) is 30.3 Å². The summed E-state index contributed by atoms with van der Waals surface area (Å²) in [7, 11) is 0. The van der Waals surface area contributed by atoms with Gasteiger partial charge in [-0.2, -0.15) is 0 Å². The quantitative estimate of drug-likeness (QED) is 0.914. The summed E-state index contributed by atoms with van der Waals surface area (Å²) in [4.78, 5) is 26.2. The number of benzene rings is 1. The number of carbonyl (C=O) groups is 1. The van der Waals surface area contributed by atoms with Gasteiger partial charge in [0.2, 0.25) is 11.5 Å². The molecule has 0 saturated heterocycles. The minimum atomic E-state index is -0.125. The minimum absolute atomic E-state index is 0.0733. The van der Waals surface area contributed by atoms with Crippen molar-refractivity contribution in [2.24, 2.45) is 5.92 Å². The third-order valence-electron chi connectivity index (χ3n) is 5.33. The van der Waals surface area contributed by atoms with Crippen LogP contribution in [0.25, 0.3) is 0 Å². The average molecular weight is 308 g/mol. The lowest BCUT2D eigenvalue weighted by Gasteiger charge is -2.26. The normalized spacial score (nSPS) is 25.0. The summed E-state index contributed by atoms with van der Waals surface area (Å²) in [5, 5.41) is 3.02. The number of amides is 1. The van der Waals surface area contributed by atoms with Gasteiger partial charge < -0.3 is 10.3 Å². The van der Waals surface area contributed by atoms with Gasteiger partial charge in [0.25, 0.3) is 0 Å². The van der Waals surface area contributed by atoms with Crippen LogP contribution in [-0.2, 0) is 23.2 Å². The Kier molecular flexibility index (Phi) is 3.33. The maximum atomic E-state index is 12.5. The summed E-state index contributed by atoms with van der Waals surface area (Å²) < 4.78 is 0. The van der Waals surface area contributed by atoms with Gasteiger partial charge in [0.1, 0.15) is 0 Å². The number of fused-ring (bicyclic) bond motifs is 2. The fourth-order valence-electron chi connectivity index (χ4n) is 4.04. The number of nitrogens with one attached hydrogen (secondary N) is 2. The Morgan fingerprint density at radius 2 is 2.13 bits per heavy atom. The van der Waals surface area contributed by atoms with Crippen molar-refractivity contribution in [2.75, 3.05) is 0 Å². The van der Waals surface area contributed by atoms with E-state index >= 15 is 0 Å². The number of H-pyrrole nitrogens is 1. The Bertz CT molecular complexity index is 791.